The molecular formula is C10H11N3O2S. The number of ether oxygens (including phenoxy) is 1. The SMILES string of the molecule is OCc1nnc(OCCc2ccccn2)s1. The van der Waals surface area contributed by atoms with Crippen LogP contribution in [0.4, 0.5) is 0 Å². The molecule has 0 fully saturated rings. The first kappa shape index (κ1) is 11.0. The van der Waals surface area contributed by atoms with Crippen molar-refractivity contribution in [3.63, 3.8) is 0 Å². The second-order valence-corrected chi connectivity index (χ2v) is 4.06. The molecule has 0 aliphatic carbocycles. The average Bonchev–Trinajstić information content (AvgIpc) is 2.78. The van der Waals surface area contributed by atoms with E-state index in [1.165, 1.54) is 11.3 Å². The van der Waals surface area contributed by atoms with Gasteiger partial charge in [-0.05, 0) is 12.1 Å². The van der Waals surface area contributed by atoms with Gasteiger partial charge in [0.25, 0.3) is 5.19 Å². The predicted molar refractivity (Wildman–Crippen MR) is 59.3 cm³/mol. The van der Waals surface area contributed by atoms with Crippen molar-refractivity contribution < 1.29 is 9.84 Å². The fourth-order valence-corrected chi connectivity index (χ4v) is 1.72. The molecule has 2 aromatic rings. The highest BCUT2D eigenvalue weighted by Gasteiger charge is 2.03. The minimum absolute atomic E-state index is 0.0960. The van der Waals surface area contributed by atoms with E-state index >= 15 is 0 Å². The Morgan fingerprint density at radius 1 is 1.31 bits per heavy atom. The summed E-state index contributed by atoms with van der Waals surface area (Å²) in [7, 11) is 0. The van der Waals surface area contributed by atoms with Gasteiger partial charge in [-0.25, -0.2) is 0 Å². The molecule has 84 valence electrons. The van der Waals surface area contributed by atoms with E-state index in [0.717, 1.165) is 12.1 Å². The lowest BCUT2D eigenvalue weighted by atomic mass is 10.3. The molecule has 5 nitrogen and oxygen atoms in total. The van der Waals surface area contributed by atoms with Gasteiger partial charge in [0, 0.05) is 18.3 Å². The Bertz CT molecular complexity index is 433. The molecule has 2 heterocycles. The fourth-order valence-electron chi connectivity index (χ4n) is 1.15. The summed E-state index contributed by atoms with van der Waals surface area (Å²) in [4.78, 5) is 4.18. The zero-order valence-corrected chi connectivity index (χ0v) is 9.35. The molecule has 0 spiro atoms. The van der Waals surface area contributed by atoms with Crippen LogP contribution in [0.15, 0.2) is 24.4 Å². The summed E-state index contributed by atoms with van der Waals surface area (Å²) in [5.74, 6) is 0. The molecule has 0 bridgehead atoms. The van der Waals surface area contributed by atoms with E-state index in [1.807, 2.05) is 18.2 Å². The largest absolute Gasteiger partial charge is 0.469 e. The minimum Gasteiger partial charge on any atom is -0.469 e. The van der Waals surface area contributed by atoms with Gasteiger partial charge in [0.05, 0.1) is 13.2 Å². The van der Waals surface area contributed by atoms with Crippen molar-refractivity contribution in [1.29, 1.82) is 0 Å². The van der Waals surface area contributed by atoms with E-state index in [0.29, 0.717) is 16.8 Å². The molecule has 0 radical (unpaired) electrons. The Balaban J connectivity index is 1.80. The van der Waals surface area contributed by atoms with Crippen LogP contribution in [0.5, 0.6) is 5.19 Å². The molecule has 0 amide bonds. The smallest absolute Gasteiger partial charge is 0.294 e. The summed E-state index contributed by atoms with van der Waals surface area (Å²) in [5, 5.41) is 17.4. The summed E-state index contributed by atoms with van der Waals surface area (Å²) < 4.78 is 5.39. The molecule has 0 aliphatic rings. The zero-order chi connectivity index (χ0) is 11.2. The third kappa shape index (κ3) is 2.98. The third-order valence-corrected chi connectivity index (χ3v) is 2.71. The maximum absolute atomic E-state index is 8.80. The Hall–Kier alpha value is -1.53. The van der Waals surface area contributed by atoms with E-state index in [-0.39, 0.29) is 6.61 Å². The molecule has 0 saturated carbocycles. The molecule has 0 unspecified atom stereocenters. The first-order valence-electron chi connectivity index (χ1n) is 4.84. The standard InChI is InChI=1S/C10H11N3O2S/c14-7-9-12-13-10(16-9)15-6-4-8-3-1-2-5-11-8/h1-3,5,14H,4,6-7H2. The predicted octanol–water partition coefficient (Wildman–Crippen LogP) is 1.05. The highest BCUT2D eigenvalue weighted by atomic mass is 32.1. The van der Waals surface area contributed by atoms with Gasteiger partial charge >= 0.3 is 0 Å². The number of rotatable bonds is 5. The Morgan fingerprint density at radius 3 is 2.94 bits per heavy atom. The van der Waals surface area contributed by atoms with Crippen LogP contribution in [0, 0.1) is 0 Å². The van der Waals surface area contributed by atoms with Crippen molar-refractivity contribution in [2.75, 3.05) is 6.61 Å². The van der Waals surface area contributed by atoms with Gasteiger partial charge in [-0.1, -0.05) is 22.5 Å². The number of pyridine rings is 1. The zero-order valence-electron chi connectivity index (χ0n) is 8.54. The van der Waals surface area contributed by atoms with E-state index in [1.54, 1.807) is 6.20 Å². The van der Waals surface area contributed by atoms with Crippen molar-refractivity contribution >= 4 is 11.3 Å². The third-order valence-electron chi connectivity index (χ3n) is 1.89. The van der Waals surface area contributed by atoms with Gasteiger partial charge in [-0.15, -0.1) is 5.10 Å². The number of hydrogen-bond acceptors (Lipinski definition) is 6. The second-order valence-electron chi connectivity index (χ2n) is 3.04. The quantitative estimate of drug-likeness (QED) is 0.841. The summed E-state index contributed by atoms with van der Waals surface area (Å²) in [5.41, 5.74) is 0.981. The molecule has 2 rings (SSSR count). The van der Waals surface area contributed by atoms with Crippen molar-refractivity contribution in [3.05, 3.63) is 35.1 Å². The maximum Gasteiger partial charge on any atom is 0.294 e. The molecule has 0 saturated heterocycles. The highest BCUT2D eigenvalue weighted by molar-refractivity contribution is 7.13. The van der Waals surface area contributed by atoms with Gasteiger partial charge in [0.1, 0.15) is 5.01 Å². The van der Waals surface area contributed by atoms with Crippen LogP contribution in [-0.2, 0) is 13.0 Å². The normalized spacial score (nSPS) is 10.3. The van der Waals surface area contributed by atoms with Crippen LogP contribution in [-0.4, -0.2) is 26.9 Å². The van der Waals surface area contributed by atoms with Gasteiger partial charge in [-0.2, -0.15) is 0 Å². The van der Waals surface area contributed by atoms with Crippen LogP contribution in [0.3, 0.4) is 0 Å². The number of aliphatic hydroxyl groups excluding tert-OH is 1. The van der Waals surface area contributed by atoms with Gasteiger partial charge in [0.15, 0.2) is 0 Å². The van der Waals surface area contributed by atoms with E-state index in [2.05, 4.69) is 15.2 Å². The lowest BCUT2D eigenvalue weighted by Gasteiger charge is -2.00. The maximum atomic E-state index is 8.80. The monoisotopic (exact) mass is 237 g/mol. The summed E-state index contributed by atoms with van der Waals surface area (Å²) in [6, 6.07) is 5.77. The summed E-state index contributed by atoms with van der Waals surface area (Å²) in [6.07, 6.45) is 2.49. The van der Waals surface area contributed by atoms with Crippen molar-refractivity contribution in [2.45, 2.75) is 13.0 Å². The van der Waals surface area contributed by atoms with E-state index < -0.39 is 0 Å². The molecule has 0 aromatic carbocycles. The second kappa shape index (κ2) is 5.53. The average molecular weight is 237 g/mol. The number of nitrogens with zero attached hydrogens (tertiary/aromatic N) is 3. The topological polar surface area (TPSA) is 68.1 Å². The summed E-state index contributed by atoms with van der Waals surface area (Å²) >= 11 is 1.25. The van der Waals surface area contributed by atoms with Gasteiger partial charge < -0.3 is 9.84 Å². The van der Waals surface area contributed by atoms with Crippen molar-refractivity contribution in [3.8, 4) is 5.19 Å². The molecule has 0 atom stereocenters. The van der Waals surface area contributed by atoms with E-state index in [4.69, 9.17) is 9.84 Å². The lowest BCUT2D eigenvalue weighted by Crippen LogP contribution is -2.02. The Kier molecular flexibility index (Phi) is 3.79. The minimum atomic E-state index is -0.0960. The molecule has 0 aliphatic heterocycles. The van der Waals surface area contributed by atoms with Crippen molar-refractivity contribution in [1.82, 2.24) is 15.2 Å². The van der Waals surface area contributed by atoms with Gasteiger partial charge in [0.2, 0.25) is 0 Å². The molecule has 1 N–H and O–H groups in total. The van der Waals surface area contributed by atoms with Crippen LogP contribution in [0.25, 0.3) is 0 Å². The van der Waals surface area contributed by atoms with Crippen molar-refractivity contribution in [2.24, 2.45) is 0 Å². The summed E-state index contributed by atoms with van der Waals surface area (Å²) in [6.45, 7) is 0.415. The first-order valence-corrected chi connectivity index (χ1v) is 5.66. The van der Waals surface area contributed by atoms with Gasteiger partial charge in [-0.3, -0.25) is 4.98 Å². The Labute approximate surface area is 96.8 Å². The van der Waals surface area contributed by atoms with Crippen LogP contribution < -0.4 is 4.74 Å². The van der Waals surface area contributed by atoms with Crippen LogP contribution in [0.2, 0.25) is 0 Å². The number of aromatic nitrogens is 3. The number of aliphatic hydroxyl groups is 1. The molecular weight excluding hydrogens is 226 g/mol. The van der Waals surface area contributed by atoms with Crippen LogP contribution in [0.1, 0.15) is 10.7 Å². The number of hydrogen-bond donors (Lipinski definition) is 1. The first-order chi connectivity index (χ1) is 7.88. The Morgan fingerprint density at radius 2 is 2.25 bits per heavy atom. The van der Waals surface area contributed by atoms with Crippen LogP contribution >= 0.6 is 11.3 Å². The fraction of sp³-hybridized carbons (Fsp3) is 0.300. The highest BCUT2D eigenvalue weighted by Crippen LogP contribution is 2.17. The van der Waals surface area contributed by atoms with E-state index in [9.17, 15) is 0 Å². The lowest BCUT2D eigenvalue weighted by molar-refractivity contribution is 0.280. The molecule has 2 aromatic heterocycles. The molecule has 16 heavy (non-hydrogen) atoms. The molecule has 6 heteroatoms.